The Morgan fingerprint density at radius 2 is 1.85 bits per heavy atom. The van der Waals surface area contributed by atoms with E-state index in [2.05, 4.69) is 47.7 Å². The average molecular weight is 401 g/mol. The fourth-order valence-corrected chi connectivity index (χ4v) is 2.62. The van der Waals surface area contributed by atoms with Crippen LogP contribution in [0.2, 0.25) is 0 Å². The van der Waals surface area contributed by atoms with Crippen LogP contribution in [-0.4, -0.2) is 16.8 Å². The summed E-state index contributed by atoms with van der Waals surface area (Å²) < 4.78 is 1.77. The lowest BCUT2D eigenvalue weighted by Crippen LogP contribution is -2.42. The molecule has 0 unspecified atom stereocenters. The van der Waals surface area contributed by atoms with E-state index in [1.54, 1.807) is 6.20 Å². The van der Waals surface area contributed by atoms with Crippen molar-refractivity contribution in [3.8, 4) is 0 Å². The van der Waals surface area contributed by atoms with E-state index < -0.39 is 0 Å². The van der Waals surface area contributed by atoms with Crippen LogP contribution in [0.25, 0.3) is 10.9 Å². The first-order valence-electron chi connectivity index (χ1n) is 6.12. The van der Waals surface area contributed by atoms with Gasteiger partial charge >= 0.3 is 0 Å². The summed E-state index contributed by atoms with van der Waals surface area (Å²) in [4.78, 5) is 26.6. The van der Waals surface area contributed by atoms with Crippen molar-refractivity contribution in [2.75, 3.05) is 0 Å². The quantitative estimate of drug-likeness (QED) is 0.678. The Bertz CT molecular complexity index is 707. The van der Waals surface area contributed by atoms with E-state index >= 15 is 0 Å². The molecule has 7 heteroatoms. The summed E-state index contributed by atoms with van der Waals surface area (Å²) in [5, 5.41) is 0.790. The van der Waals surface area contributed by atoms with Crippen LogP contribution in [0.4, 0.5) is 0 Å². The molecular formula is C13H11Br2N3O2. The van der Waals surface area contributed by atoms with Gasteiger partial charge in [0.15, 0.2) is 0 Å². The van der Waals surface area contributed by atoms with Gasteiger partial charge in [0, 0.05) is 32.0 Å². The van der Waals surface area contributed by atoms with E-state index in [9.17, 15) is 9.59 Å². The monoisotopic (exact) mass is 399 g/mol. The van der Waals surface area contributed by atoms with E-state index in [1.807, 2.05) is 12.1 Å². The first-order valence-corrected chi connectivity index (χ1v) is 7.71. The van der Waals surface area contributed by atoms with Crippen molar-refractivity contribution in [2.24, 2.45) is 5.92 Å². The van der Waals surface area contributed by atoms with E-state index in [-0.39, 0.29) is 17.7 Å². The molecule has 1 heterocycles. The maximum atomic E-state index is 12.1. The van der Waals surface area contributed by atoms with Crippen molar-refractivity contribution in [3.05, 3.63) is 32.8 Å². The third kappa shape index (κ3) is 2.60. The van der Waals surface area contributed by atoms with Crippen LogP contribution in [-0.2, 0) is 4.79 Å². The number of amides is 2. The van der Waals surface area contributed by atoms with Crippen LogP contribution >= 0.6 is 31.9 Å². The zero-order valence-electron chi connectivity index (χ0n) is 10.3. The van der Waals surface area contributed by atoms with Crippen LogP contribution in [0.5, 0.6) is 0 Å². The highest BCUT2D eigenvalue weighted by molar-refractivity contribution is 9.13. The number of hydrogen-bond donors (Lipinski definition) is 3. The second-order valence-corrected chi connectivity index (χ2v) is 6.44. The molecule has 0 spiro atoms. The van der Waals surface area contributed by atoms with Crippen LogP contribution < -0.4 is 10.9 Å². The predicted octanol–water partition coefficient (Wildman–Crippen LogP) is 2.86. The van der Waals surface area contributed by atoms with Crippen LogP contribution in [0.1, 0.15) is 23.2 Å². The molecule has 1 aliphatic carbocycles. The molecule has 2 amide bonds. The lowest BCUT2D eigenvalue weighted by Gasteiger charge is -2.06. The number of hydrazine groups is 1. The van der Waals surface area contributed by atoms with Gasteiger partial charge in [0.2, 0.25) is 5.91 Å². The van der Waals surface area contributed by atoms with Gasteiger partial charge in [0.05, 0.1) is 5.56 Å². The number of H-pyrrole nitrogens is 1. The zero-order chi connectivity index (χ0) is 14.3. The van der Waals surface area contributed by atoms with Gasteiger partial charge in [0.1, 0.15) is 0 Å². The Labute approximate surface area is 131 Å². The molecule has 20 heavy (non-hydrogen) atoms. The van der Waals surface area contributed by atoms with Crippen molar-refractivity contribution in [3.63, 3.8) is 0 Å². The standard InChI is InChI=1S/C13H11Br2N3O2/c14-9-3-7-8(5-16-11(7)4-10(9)15)13(20)18-17-12(19)6-1-2-6/h3-6,16H,1-2H2,(H,17,19)(H,18,20). The number of halogens is 2. The Hall–Kier alpha value is -1.34. The molecule has 0 bridgehead atoms. The molecule has 0 saturated heterocycles. The molecule has 1 aromatic heterocycles. The van der Waals surface area contributed by atoms with Crippen molar-refractivity contribution < 1.29 is 9.59 Å². The lowest BCUT2D eigenvalue weighted by molar-refractivity contribution is -0.123. The number of rotatable bonds is 2. The Morgan fingerprint density at radius 3 is 2.55 bits per heavy atom. The molecule has 1 fully saturated rings. The number of nitrogens with one attached hydrogen (secondary N) is 3. The van der Waals surface area contributed by atoms with Crippen LogP contribution in [0.15, 0.2) is 27.3 Å². The Morgan fingerprint density at radius 1 is 1.15 bits per heavy atom. The molecule has 3 N–H and O–H groups in total. The molecule has 0 atom stereocenters. The normalized spacial score (nSPS) is 14.3. The molecule has 2 aromatic rings. The predicted molar refractivity (Wildman–Crippen MR) is 82.0 cm³/mol. The third-order valence-electron chi connectivity index (χ3n) is 3.21. The Kier molecular flexibility index (Phi) is 3.55. The maximum Gasteiger partial charge on any atom is 0.271 e. The van der Waals surface area contributed by atoms with Crippen LogP contribution in [0.3, 0.4) is 0 Å². The SMILES string of the molecule is O=C(NNC(=O)C1CC1)c1c[nH]c2cc(Br)c(Br)cc12. The summed E-state index contributed by atoms with van der Waals surface area (Å²) >= 11 is 6.82. The van der Waals surface area contributed by atoms with Crippen molar-refractivity contribution >= 4 is 54.6 Å². The summed E-state index contributed by atoms with van der Waals surface area (Å²) in [5.74, 6) is -0.398. The highest BCUT2D eigenvalue weighted by atomic mass is 79.9. The smallest absolute Gasteiger partial charge is 0.271 e. The van der Waals surface area contributed by atoms with Gasteiger partial charge in [-0.25, -0.2) is 0 Å². The topological polar surface area (TPSA) is 74.0 Å². The van der Waals surface area contributed by atoms with Crippen molar-refractivity contribution in [2.45, 2.75) is 12.8 Å². The van der Waals surface area contributed by atoms with Crippen LogP contribution in [0, 0.1) is 5.92 Å². The first-order chi connectivity index (χ1) is 9.56. The largest absolute Gasteiger partial charge is 0.360 e. The van der Waals surface area contributed by atoms with Gasteiger partial charge in [-0.05, 0) is 56.8 Å². The lowest BCUT2D eigenvalue weighted by atomic mass is 10.2. The highest BCUT2D eigenvalue weighted by Gasteiger charge is 2.29. The summed E-state index contributed by atoms with van der Waals surface area (Å²) in [7, 11) is 0. The number of carbonyl (C=O) groups is 2. The number of aromatic nitrogens is 1. The molecule has 0 aliphatic heterocycles. The average Bonchev–Trinajstić information content (AvgIpc) is 3.19. The maximum absolute atomic E-state index is 12.1. The molecular weight excluding hydrogens is 390 g/mol. The van der Waals surface area contributed by atoms with E-state index in [1.165, 1.54) is 0 Å². The molecule has 1 aromatic carbocycles. The molecule has 1 saturated carbocycles. The first kappa shape index (κ1) is 13.6. The minimum Gasteiger partial charge on any atom is -0.360 e. The zero-order valence-corrected chi connectivity index (χ0v) is 13.5. The fraction of sp³-hybridized carbons (Fsp3) is 0.231. The van der Waals surface area contributed by atoms with E-state index in [0.29, 0.717) is 5.56 Å². The van der Waals surface area contributed by atoms with Crippen molar-refractivity contribution in [1.29, 1.82) is 0 Å². The Balaban J connectivity index is 1.80. The number of carbonyl (C=O) groups excluding carboxylic acids is 2. The van der Waals surface area contributed by atoms with Gasteiger partial charge in [-0.15, -0.1) is 0 Å². The van der Waals surface area contributed by atoms with E-state index in [4.69, 9.17) is 0 Å². The molecule has 104 valence electrons. The number of fused-ring (bicyclic) bond motifs is 1. The van der Waals surface area contributed by atoms with Gasteiger partial charge in [-0.2, -0.15) is 0 Å². The van der Waals surface area contributed by atoms with Gasteiger partial charge < -0.3 is 4.98 Å². The van der Waals surface area contributed by atoms with Crippen molar-refractivity contribution in [1.82, 2.24) is 15.8 Å². The minimum atomic E-state index is -0.334. The minimum absolute atomic E-state index is 0.0587. The fourth-order valence-electron chi connectivity index (χ4n) is 1.94. The molecule has 1 aliphatic rings. The molecule has 5 nitrogen and oxygen atoms in total. The number of hydrogen-bond acceptors (Lipinski definition) is 2. The highest BCUT2D eigenvalue weighted by Crippen LogP contribution is 2.30. The summed E-state index contributed by atoms with van der Waals surface area (Å²) in [6.45, 7) is 0. The molecule has 0 radical (unpaired) electrons. The second-order valence-electron chi connectivity index (χ2n) is 4.73. The van der Waals surface area contributed by atoms with Gasteiger partial charge in [0.25, 0.3) is 5.91 Å². The summed E-state index contributed by atoms with van der Waals surface area (Å²) in [5.41, 5.74) is 6.23. The van der Waals surface area contributed by atoms with Gasteiger partial charge in [-0.1, -0.05) is 0 Å². The van der Waals surface area contributed by atoms with E-state index in [0.717, 1.165) is 32.7 Å². The number of benzene rings is 1. The second kappa shape index (κ2) is 5.21. The summed E-state index contributed by atoms with van der Waals surface area (Å²) in [6, 6.07) is 3.74. The molecule has 3 rings (SSSR count). The summed E-state index contributed by atoms with van der Waals surface area (Å²) in [6.07, 6.45) is 3.42. The third-order valence-corrected chi connectivity index (χ3v) is 5.06. The van der Waals surface area contributed by atoms with Gasteiger partial charge in [-0.3, -0.25) is 20.4 Å². The number of aromatic amines is 1.